The van der Waals surface area contributed by atoms with Gasteiger partial charge in [0.1, 0.15) is 0 Å². The summed E-state index contributed by atoms with van der Waals surface area (Å²) in [6, 6.07) is 16.4. The molecule has 2 atom stereocenters. The number of hydrogen-bond acceptors (Lipinski definition) is 2. The molecule has 0 saturated heterocycles. The topological polar surface area (TPSA) is 34.1 Å². The van der Waals surface area contributed by atoms with E-state index in [4.69, 9.17) is 0 Å². The van der Waals surface area contributed by atoms with Gasteiger partial charge in [0.05, 0.1) is 5.92 Å². The molecule has 0 fully saturated rings. The number of halogens is 1. The second-order valence-corrected chi connectivity index (χ2v) is 7.02. The van der Waals surface area contributed by atoms with E-state index in [-0.39, 0.29) is 17.5 Å². The van der Waals surface area contributed by atoms with Gasteiger partial charge in [0, 0.05) is 15.6 Å². The number of ketones is 2. The molecule has 2 nitrogen and oxygen atoms in total. The fourth-order valence-corrected chi connectivity index (χ4v) is 3.46. The van der Waals surface area contributed by atoms with Crippen LogP contribution in [0.5, 0.6) is 0 Å². The highest BCUT2D eigenvalue weighted by molar-refractivity contribution is 9.10. The van der Waals surface area contributed by atoms with E-state index in [0.29, 0.717) is 11.1 Å². The van der Waals surface area contributed by atoms with E-state index in [1.807, 2.05) is 36.4 Å². The molecule has 0 amide bonds. The summed E-state index contributed by atoms with van der Waals surface area (Å²) in [6.07, 6.45) is 7.06. The van der Waals surface area contributed by atoms with E-state index in [9.17, 15) is 9.59 Å². The summed E-state index contributed by atoms with van der Waals surface area (Å²) in [5, 5.41) is 0. The fraction of sp³-hybridized carbons (Fsp3) is 0.238. The van der Waals surface area contributed by atoms with Gasteiger partial charge >= 0.3 is 0 Å². The van der Waals surface area contributed by atoms with Crippen LogP contribution in [0.15, 0.2) is 71.2 Å². The first-order chi connectivity index (χ1) is 11.7. The molecular formula is C21H19BrO2. The van der Waals surface area contributed by atoms with Crippen LogP contribution >= 0.6 is 15.9 Å². The third-order valence-electron chi connectivity index (χ3n) is 4.47. The van der Waals surface area contributed by atoms with Crippen molar-refractivity contribution in [2.45, 2.75) is 19.3 Å². The minimum Gasteiger partial charge on any atom is -0.293 e. The molecule has 0 aliphatic heterocycles. The van der Waals surface area contributed by atoms with Crippen LogP contribution in [0.25, 0.3) is 0 Å². The highest BCUT2D eigenvalue weighted by Gasteiger charge is 2.34. The quantitative estimate of drug-likeness (QED) is 0.389. The van der Waals surface area contributed by atoms with Crippen molar-refractivity contribution in [1.29, 1.82) is 0 Å². The lowest BCUT2D eigenvalue weighted by atomic mass is 9.76. The maximum absolute atomic E-state index is 13.1. The molecule has 122 valence electrons. The third kappa shape index (κ3) is 3.73. The molecule has 1 aliphatic carbocycles. The lowest BCUT2D eigenvalue weighted by molar-refractivity contribution is 0.0764. The monoisotopic (exact) mass is 382 g/mol. The van der Waals surface area contributed by atoms with Gasteiger partial charge in [-0.05, 0) is 37.3 Å². The standard InChI is InChI=1S/C21H19BrO2/c22-18-13-11-17(12-14-18)21(24)19(15-7-3-1-4-8-15)20(23)16-9-5-2-6-10-16/h2-3,5-7,9-15,19H,1,4,8H2. The van der Waals surface area contributed by atoms with Gasteiger partial charge in [0.25, 0.3) is 0 Å². The zero-order chi connectivity index (χ0) is 16.9. The zero-order valence-corrected chi connectivity index (χ0v) is 14.9. The van der Waals surface area contributed by atoms with Crippen LogP contribution in [0, 0.1) is 11.8 Å². The number of benzene rings is 2. The van der Waals surface area contributed by atoms with Crippen molar-refractivity contribution >= 4 is 27.5 Å². The van der Waals surface area contributed by atoms with Gasteiger partial charge in [-0.25, -0.2) is 0 Å². The summed E-state index contributed by atoms with van der Waals surface area (Å²) in [5.41, 5.74) is 1.19. The summed E-state index contributed by atoms with van der Waals surface area (Å²) in [4.78, 5) is 26.2. The summed E-state index contributed by atoms with van der Waals surface area (Å²) in [6.45, 7) is 0. The highest BCUT2D eigenvalue weighted by Crippen LogP contribution is 2.30. The molecular weight excluding hydrogens is 364 g/mol. The molecule has 0 bridgehead atoms. The Morgan fingerprint density at radius 3 is 2.12 bits per heavy atom. The van der Waals surface area contributed by atoms with Crippen LogP contribution in [-0.2, 0) is 0 Å². The maximum atomic E-state index is 13.1. The molecule has 2 unspecified atom stereocenters. The van der Waals surface area contributed by atoms with Crippen LogP contribution in [-0.4, -0.2) is 11.6 Å². The molecule has 0 heterocycles. The fourth-order valence-electron chi connectivity index (χ4n) is 3.20. The first kappa shape index (κ1) is 16.8. The van der Waals surface area contributed by atoms with E-state index in [1.165, 1.54) is 0 Å². The van der Waals surface area contributed by atoms with E-state index < -0.39 is 5.92 Å². The van der Waals surface area contributed by atoms with Gasteiger partial charge in [-0.3, -0.25) is 9.59 Å². The number of Topliss-reactive ketones (excluding diaryl/α,β-unsaturated/α-hetero) is 2. The maximum Gasteiger partial charge on any atom is 0.174 e. The average molecular weight is 383 g/mol. The predicted molar refractivity (Wildman–Crippen MR) is 99.2 cm³/mol. The minimum atomic E-state index is -0.648. The Kier molecular flexibility index (Phi) is 5.41. The molecule has 3 heteroatoms. The zero-order valence-electron chi connectivity index (χ0n) is 13.3. The van der Waals surface area contributed by atoms with Gasteiger partial charge in [0.2, 0.25) is 0 Å². The number of rotatable bonds is 5. The summed E-state index contributed by atoms with van der Waals surface area (Å²) in [7, 11) is 0. The van der Waals surface area contributed by atoms with Gasteiger partial charge in [-0.2, -0.15) is 0 Å². The van der Waals surface area contributed by atoms with Crippen LogP contribution in [0.3, 0.4) is 0 Å². The normalized spacial score (nSPS) is 18.1. The van der Waals surface area contributed by atoms with Crippen LogP contribution in [0.2, 0.25) is 0 Å². The van der Waals surface area contributed by atoms with Gasteiger partial charge in [0.15, 0.2) is 11.6 Å². The summed E-state index contributed by atoms with van der Waals surface area (Å²) >= 11 is 3.38. The number of carbonyl (C=O) groups is 2. The molecule has 1 aliphatic rings. The van der Waals surface area contributed by atoms with Crippen molar-refractivity contribution in [1.82, 2.24) is 0 Å². The first-order valence-corrected chi connectivity index (χ1v) is 9.02. The molecule has 2 aromatic rings. The molecule has 0 radical (unpaired) electrons. The first-order valence-electron chi connectivity index (χ1n) is 8.22. The van der Waals surface area contributed by atoms with E-state index in [1.54, 1.807) is 24.3 Å². The predicted octanol–water partition coefficient (Wildman–Crippen LogP) is 5.49. The molecule has 0 aromatic heterocycles. The lowest BCUT2D eigenvalue weighted by Crippen LogP contribution is -2.31. The molecule has 3 rings (SSSR count). The van der Waals surface area contributed by atoms with Gasteiger partial charge in [-0.15, -0.1) is 0 Å². The van der Waals surface area contributed by atoms with Crippen molar-refractivity contribution in [2.75, 3.05) is 0 Å². The van der Waals surface area contributed by atoms with Crippen LogP contribution in [0.4, 0.5) is 0 Å². The number of hydrogen-bond donors (Lipinski definition) is 0. The smallest absolute Gasteiger partial charge is 0.174 e. The number of allylic oxidation sites excluding steroid dienone is 2. The minimum absolute atomic E-state index is 0.0254. The molecule has 0 saturated carbocycles. The molecule has 24 heavy (non-hydrogen) atoms. The SMILES string of the molecule is O=C(c1ccccc1)C(C(=O)c1ccc(Br)cc1)C1C=CCCC1. The van der Waals surface area contributed by atoms with Crippen molar-refractivity contribution < 1.29 is 9.59 Å². The Bertz CT molecular complexity index is 747. The Morgan fingerprint density at radius 2 is 1.54 bits per heavy atom. The lowest BCUT2D eigenvalue weighted by Gasteiger charge is -2.25. The van der Waals surface area contributed by atoms with Crippen molar-refractivity contribution in [3.8, 4) is 0 Å². The van der Waals surface area contributed by atoms with Gasteiger partial charge in [-0.1, -0.05) is 70.5 Å². The van der Waals surface area contributed by atoms with E-state index >= 15 is 0 Å². The van der Waals surface area contributed by atoms with Crippen LogP contribution in [0.1, 0.15) is 40.0 Å². The van der Waals surface area contributed by atoms with Crippen LogP contribution < -0.4 is 0 Å². The summed E-state index contributed by atoms with van der Waals surface area (Å²) in [5.74, 6) is -0.847. The molecule has 0 N–H and O–H groups in total. The Balaban J connectivity index is 1.96. The van der Waals surface area contributed by atoms with E-state index in [0.717, 1.165) is 23.7 Å². The second kappa shape index (κ2) is 7.71. The summed E-state index contributed by atoms with van der Waals surface area (Å²) < 4.78 is 0.919. The Morgan fingerprint density at radius 1 is 0.917 bits per heavy atom. The van der Waals surface area contributed by atoms with Gasteiger partial charge < -0.3 is 0 Å². The van der Waals surface area contributed by atoms with E-state index in [2.05, 4.69) is 22.0 Å². The Labute approximate surface area is 150 Å². The second-order valence-electron chi connectivity index (χ2n) is 6.10. The molecule has 2 aromatic carbocycles. The van der Waals surface area contributed by atoms with Crippen molar-refractivity contribution in [3.05, 3.63) is 82.3 Å². The number of carbonyl (C=O) groups excluding carboxylic acids is 2. The van der Waals surface area contributed by atoms with Crippen molar-refractivity contribution in [2.24, 2.45) is 11.8 Å². The third-order valence-corrected chi connectivity index (χ3v) is 5.00. The molecule has 0 spiro atoms. The largest absolute Gasteiger partial charge is 0.293 e. The Hall–Kier alpha value is -2.00. The van der Waals surface area contributed by atoms with Crippen molar-refractivity contribution in [3.63, 3.8) is 0 Å². The highest BCUT2D eigenvalue weighted by atomic mass is 79.9. The average Bonchev–Trinajstić information content (AvgIpc) is 2.64.